The van der Waals surface area contributed by atoms with E-state index in [1.165, 1.54) is 0 Å². The van der Waals surface area contributed by atoms with Crippen molar-refractivity contribution in [3.05, 3.63) is 0 Å². The van der Waals surface area contributed by atoms with Crippen LogP contribution in [-0.2, 0) is 9.47 Å². The van der Waals surface area contributed by atoms with Gasteiger partial charge in [0.2, 0.25) is 0 Å². The van der Waals surface area contributed by atoms with E-state index in [1.807, 2.05) is 27.8 Å². The van der Waals surface area contributed by atoms with E-state index in [4.69, 9.17) is 9.47 Å². The van der Waals surface area contributed by atoms with Gasteiger partial charge in [-0.15, -0.1) is 0 Å². The first-order chi connectivity index (χ1) is 9.35. The lowest BCUT2D eigenvalue weighted by Gasteiger charge is -2.42. The van der Waals surface area contributed by atoms with Gasteiger partial charge in [0, 0.05) is 13.1 Å². The van der Waals surface area contributed by atoms with E-state index >= 15 is 0 Å². The number of amides is 1. The van der Waals surface area contributed by atoms with Crippen molar-refractivity contribution in [2.75, 3.05) is 20.1 Å². The highest BCUT2D eigenvalue weighted by Gasteiger charge is 2.37. The summed E-state index contributed by atoms with van der Waals surface area (Å²) >= 11 is 0. The van der Waals surface area contributed by atoms with E-state index < -0.39 is 5.60 Å². The molecule has 116 valence electrons. The van der Waals surface area contributed by atoms with Crippen molar-refractivity contribution >= 4 is 6.09 Å². The summed E-state index contributed by atoms with van der Waals surface area (Å²) in [5.41, 5.74) is -0.430. The normalized spacial score (nSPS) is 27.8. The highest BCUT2D eigenvalue weighted by Crippen LogP contribution is 2.30. The van der Waals surface area contributed by atoms with Crippen molar-refractivity contribution in [2.24, 2.45) is 0 Å². The van der Waals surface area contributed by atoms with Gasteiger partial charge in [0.05, 0.1) is 12.2 Å². The third kappa shape index (κ3) is 4.35. The van der Waals surface area contributed by atoms with Gasteiger partial charge >= 0.3 is 6.09 Å². The average Bonchev–Trinajstić information content (AvgIpc) is 2.31. The van der Waals surface area contributed by atoms with Gasteiger partial charge in [-0.2, -0.15) is 0 Å². The molecular weight excluding hydrogens is 256 g/mol. The Labute approximate surface area is 122 Å². The van der Waals surface area contributed by atoms with E-state index in [-0.39, 0.29) is 12.1 Å². The quantitative estimate of drug-likeness (QED) is 0.863. The number of carbonyl (C=O) groups excluding carboxylic acids is 1. The number of ether oxygens (including phenoxy) is 2. The van der Waals surface area contributed by atoms with Gasteiger partial charge in [0.15, 0.2) is 0 Å². The summed E-state index contributed by atoms with van der Waals surface area (Å²) in [5.74, 6) is 0. The molecule has 1 saturated heterocycles. The SMILES string of the molecule is CN(C(=O)OC(C)(C)C)C1CC(OC2CCNCC2)C1. The summed E-state index contributed by atoms with van der Waals surface area (Å²) in [6.45, 7) is 7.78. The molecule has 2 fully saturated rings. The molecule has 0 radical (unpaired) electrons. The first-order valence-corrected chi connectivity index (χ1v) is 7.67. The van der Waals surface area contributed by atoms with Crippen LogP contribution in [0.4, 0.5) is 4.79 Å². The Morgan fingerprint density at radius 1 is 1.15 bits per heavy atom. The summed E-state index contributed by atoms with van der Waals surface area (Å²) in [7, 11) is 1.82. The molecule has 0 unspecified atom stereocenters. The van der Waals surface area contributed by atoms with E-state index in [0.717, 1.165) is 38.8 Å². The fourth-order valence-corrected chi connectivity index (χ4v) is 2.65. The molecule has 0 aromatic rings. The lowest BCUT2D eigenvalue weighted by atomic mass is 9.88. The number of nitrogens with zero attached hydrogens (tertiary/aromatic N) is 1. The lowest BCUT2D eigenvalue weighted by molar-refractivity contribution is -0.0921. The van der Waals surface area contributed by atoms with Crippen LogP contribution in [0.15, 0.2) is 0 Å². The first kappa shape index (κ1) is 15.6. The maximum atomic E-state index is 11.9. The Balaban J connectivity index is 1.68. The molecule has 0 aromatic carbocycles. The zero-order valence-corrected chi connectivity index (χ0v) is 13.1. The Kier molecular flexibility index (Phi) is 4.91. The molecule has 0 aromatic heterocycles. The molecule has 1 aliphatic carbocycles. The second-order valence-corrected chi connectivity index (χ2v) is 6.92. The molecule has 1 saturated carbocycles. The highest BCUT2D eigenvalue weighted by atomic mass is 16.6. The van der Waals surface area contributed by atoms with Crippen molar-refractivity contribution in [1.82, 2.24) is 10.2 Å². The third-order valence-electron chi connectivity index (χ3n) is 3.97. The minimum atomic E-state index is -0.430. The summed E-state index contributed by atoms with van der Waals surface area (Å²) in [4.78, 5) is 13.7. The fraction of sp³-hybridized carbons (Fsp3) is 0.933. The largest absolute Gasteiger partial charge is 0.444 e. The van der Waals surface area contributed by atoms with Gasteiger partial charge in [0.25, 0.3) is 0 Å². The molecule has 1 N–H and O–H groups in total. The van der Waals surface area contributed by atoms with Crippen LogP contribution in [0.1, 0.15) is 46.5 Å². The van der Waals surface area contributed by atoms with Crippen LogP contribution in [-0.4, -0.2) is 55.0 Å². The van der Waals surface area contributed by atoms with Crippen LogP contribution in [0.25, 0.3) is 0 Å². The predicted molar refractivity (Wildman–Crippen MR) is 77.8 cm³/mol. The van der Waals surface area contributed by atoms with Crippen molar-refractivity contribution in [3.63, 3.8) is 0 Å². The van der Waals surface area contributed by atoms with Gasteiger partial charge in [-0.25, -0.2) is 4.79 Å². The van der Waals surface area contributed by atoms with Gasteiger partial charge in [0.1, 0.15) is 5.60 Å². The van der Waals surface area contributed by atoms with Crippen LogP contribution >= 0.6 is 0 Å². The van der Waals surface area contributed by atoms with Gasteiger partial charge in [-0.1, -0.05) is 0 Å². The summed E-state index contributed by atoms with van der Waals surface area (Å²) in [6, 6.07) is 0.261. The van der Waals surface area contributed by atoms with Crippen molar-refractivity contribution in [3.8, 4) is 0 Å². The van der Waals surface area contributed by atoms with Crippen LogP contribution in [0.2, 0.25) is 0 Å². The molecule has 1 amide bonds. The maximum Gasteiger partial charge on any atom is 0.410 e. The van der Waals surface area contributed by atoms with Crippen LogP contribution in [0, 0.1) is 0 Å². The number of nitrogens with one attached hydrogen (secondary N) is 1. The second-order valence-electron chi connectivity index (χ2n) is 6.92. The van der Waals surface area contributed by atoms with Crippen LogP contribution in [0.5, 0.6) is 0 Å². The van der Waals surface area contributed by atoms with Crippen molar-refractivity contribution in [2.45, 2.75) is 70.3 Å². The standard InChI is InChI=1S/C15H28N2O3/c1-15(2,3)20-14(18)17(4)11-9-13(10-11)19-12-5-7-16-8-6-12/h11-13,16H,5-10H2,1-4H3. The van der Waals surface area contributed by atoms with Crippen molar-refractivity contribution < 1.29 is 14.3 Å². The molecule has 2 rings (SSSR count). The molecule has 5 heteroatoms. The first-order valence-electron chi connectivity index (χ1n) is 7.67. The number of hydrogen-bond acceptors (Lipinski definition) is 4. The molecular formula is C15H28N2O3. The molecule has 0 bridgehead atoms. The smallest absolute Gasteiger partial charge is 0.410 e. The number of piperidine rings is 1. The molecule has 2 aliphatic rings. The Hall–Kier alpha value is -0.810. The van der Waals surface area contributed by atoms with E-state index in [2.05, 4.69) is 5.32 Å². The number of hydrogen-bond donors (Lipinski definition) is 1. The van der Waals surface area contributed by atoms with Gasteiger partial charge < -0.3 is 19.7 Å². The minimum Gasteiger partial charge on any atom is -0.444 e. The lowest BCUT2D eigenvalue weighted by Crippen LogP contribution is -2.51. The number of rotatable bonds is 3. The monoisotopic (exact) mass is 284 g/mol. The van der Waals surface area contributed by atoms with Gasteiger partial charge in [-0.05, 0) is 59.5 Å². The molecule has 5 nitrogen and oxygen atoms in total. The van der Waals surface area contributed by atoms with Crippen LogP contribution < -0.4 is 5.32 Å². The van der Waals surface area contributed by atoms with E-state index in [0.29, 0.717) is 12.2 Å². The summed E-state index contributed by atoms with van der Waals surface area (Å²) in [5, 5.41) is 3.34. The Morgan fingerprint density at radius 2 is 1.75 bits per heavy atom. The Bertz CT molecular complexity index is 329. The molecule has 1 heterocycles. The molecule has 20 heavy (non-hydrogen) atoms. The Morgan fingerprint density at radius 3 is 2.30 bits per heavy atom. The van der Waals surface area contributed by atoms with E-state index in [1.54, 1.807) is 4.90 Å². The summed E-state index contributed by atoms with van der Waals surface area (Å²) in [6.07, 6.45) is 4.54. The highest BCUT2D eigenvalue weighted by molar-refractivity contribution is 5.68. The second kappa shape index (κ2) is 6.31. The van der Waals surface area contributed by atoms with Crippen LogP contribution in [0.3, 0.4) is 0 Å². The maximum absolute atomic E-state index is 11.9. The minimum absolute atomic E-state index is 0.234. The molecule has 0 atom stereocenters. The average molecular weight is 284 g/mol. The third-order valence-corrected chi connectivity index (χ3v) is 3.97. The number of carbonyl (C=O) groups is 1. The topological polar surface area (TPSA) is 50.8 Å². The zero-order chi connectivity index (χ0) is 14.8. The fourth-order valence-electron chi connectivity index (χ4n) is 2.65. The van der Waals surface area contributed by atoms with Gasteiger partial charge in [-0.3, -0.25) is 0 Å². The summed E-state index contributed by atoms with van der Waals surface area (Å²) < 4.78 is 11.4. The molecule has 1 aliphatic heterocycles. The predicted octanol–water partition coefficient (Wildman–Crippen LogP) is 2.15. The van der Waals surface area contributed by atoms with E-state index in [9.17, 15) is 4.79 Å². The molecule has 0 spiro atoms. The van der Waals surface area contributed by atoms with Crippen molar-refractivity contribution in [1.29, 1.82) is 0 Å². The zero-order valence-electron chi connectivity index (χ0n) is 13.1.